The number of nitrogens with zero attached hydrogens (tertiary/aromatic N) is 2. The van der Waals surface area contributed by atoms with Gasteiger partial charge in [-0.1, -0.05) is 6.07 Å². The Hall–Kier alpha value is -2.90. The minimum Gasteiger partial charge on any atom is -0.352 e. The zero-order valence-electron chi connectivity index (χ0n) is 14.3. The quantitative estimate of drug-likeness (QED) is 0.672. The maximum absolute atomic E-state index is 14.1. The van der Waals surface area contributed by atoms with Crippen molar-refractivity contribution in [2.45, 2.75) is 26.8 Å². The van der Waals surface area contributed by atoms with Crippen molar-refractivity contribution in [3.8, 4) is 0 Å². The zero-order valence-corrected chi connectivity index (χ0v) is 14.3. The second kappa shape index (κ2) is 8.81. The van der Waals surface area contributed by atoms with E-state index in [9.17, 15) is 14.0 Å². The molecule has 1 aromatic carbocycles. The molecule has 0 unspecified atom stereocenters. The highest BCUT2D eigenvalue weighted by Gasteiger charge is 2.17. The van der Waals surface area contributed by atoms with Crippen molar-refractivity contribution in [1.29, 1.82) is 0 Å². The maximum atomic E-state index is 14.1. The summed E-state index contributed by atoms with van der Waals surface area (Å²) in [6.45, 7) is 5.17. The number of aryl methyl sites for hydroxylation is 2. The van der Waals surface area contributed by atoms with Crippen molar-refractivity contribution in [2.75, 3.05) is 18.4 Å². The number of benzene rings is 1. The van der Waals surface area contributed by atoms with Crippen LogP contribution in [0.5, 0.6) is 0 Å². The van der Waals surface area contributed by atoms with Crippen LogP contribution in [-0.4, -0.2) is 34.6 Å². The van der Waals surface area contributed by atoms with Gasteiger partial charge in [0, 0.05) is 32.0 Å². The van der Waals surface area contributed by atoms with Gasteiger partial charge < -0.3 is 20.5 Å². The summed E-state index contributed by atoms with van der Waals surface area (Å²) in [5.41, 5.74) is -0.0403. The van der Waals surface area contributed by atoms with Gasteiger partial charge in [-0.15, -0.1) is 0 Å². The highest BCUT2D eigenvalue weighted by Crippen LogP contribution is 2.19. The molecule has 2 rings (SSSR count). The number of rotatable bonds is 7. The lowest BCUT2D eigenvalue weighted by atomic mass is 10.1. The minimum atomic E-state index is -0.683. The first-order valence-electron chi connectivity index (χ1n) is 8.12. The summed E-state index contributed by atoms with van der Waals surface area (Å²) >= 11 is 0. The molecule has 0 bridgehead atoms. The van der Waals surface area contributed by atoms with Crippen LogP contribution >= 0.6 is 0 Å². The predicted octanol–water partition coefficient (Wildman–Crippen LogP) is 2.29. The fourth-order valence-electron chi connectivity index (χ4n) is 2.37. The van der Waals surface area contributed by atoms with Crippen LogP contribution in [0.2, 0.25) is 0 Å². The summed E-state index contributed by atoms with van der Waals surface area (Å²) in [5, 5.41) is 7.71. The molecule has 0 aliphatic heterocycles. The van der Waals surface area contributed by atoms with E-state index in [4.69, 9.17) is 0 Å². The van der Waals surface area contributed by atoms with Crippen molar-refractivity contribution in [3.05, 3.63) is 47.8 Å². The van der Waals surface area contributed by atoms with Gasteiger partial charge in [0.15, 0.2) is 0 Å². The van der Waals surface area contributed by atoms with Crippen molar-refractivity contribution in [3.63, 3.8) is 0 Å². The van der Waals surface area contributed by atoms with Gasteiger partial charge in [0.05, 0.1) is 11.3 Å². The molecule has 0 aliphatic rings. The van der Waals surface area contributed by atoms with Gasteiger partial charge >= 0.3 is 6.03 Å². The third kappa shape index (κ3) is 5.03. The zero-order chi connectivity index (χ0) is 18.2. The molecule has 0 saturated heterocycles. The van der Waals surface area contributed by atoms with Crippen LogP contribution in [0, 0.1) is 12.7 Å². The van der Waals surface area contributed by atoms with E-state index >= 15 is 0 Å². The topological polar surface area (TPSA) is 88.0 Å². The fourth-order valence-corrected chi connectivity index (χ4v) is 2.37. The molecule has 0 aliphatic carbocycles. The number of hydrogen-bond acceptors (Lipinski definition) is 3. The van der Waals surface area contributed by atoms with Crippen molar-refractivity contribution in [2.24, 2.45) is 0 Å². The average molecular weight is 347 g/mol. The Morgan fingerprint density at radius 3 is 2.76 bits per heavy atom. The predicted molar refractivity (Wildman–Crippen MR) is 93.0 cm³/mol. The molecule has 7 nitrogen and oxygen atoms in total. The summed E-state index contributed by atoms with van der Waals surface area (Å²) < 4.78 is 16.0. The molecule has 3 N–H and O–H groups in total. The molecule has 25 heavy (non-hydrogen) atoms. The summed E-state index contributed by atoms with van der Waals surface area (Å²) in [5.74, 6) is -0.349. The second-order valence-electron chi connectivity index (χ2n) is 5.42. The monoisotopic (exact) mass is 347 g/mol. The van der Waals surface area contributed by atoms with E-state index < -0.39 is 17.8 Å². The van der Waals surface area contributed by atoms with Gasteiger partial charge in [0.1, 0.15) is 11.6 Å². The SMILES string of the molecule is CCNC(=O)Nc1cccc(F)c1C(=O)NCCCn1ccnc1C. The normalized spacial score (nSPS) is 10.4. The number of hydrogen-bond donors (Lipinski definition) is 3. The van der Waals surface area contributed by atoms with Crippen LogP contribution in [-0.2, 0) is 6.54 Å². The Kier molecular flexibility index (Phi) is 6.50. The number of carbonyl (C=O) groups is 2. The molecule has 0 fully saturated rings. The van der Waals surface area contributed by atoms with Crippen LogP contribution in [0.15, 0.2) is 30.6 Å². The number of amides is 3. The van der Waals surface area contributed by atoms with Crippen LogP contribution in [0.1, 0.15) is 29.5 Å². The summed E-state index contributed by atoms with van der Waals surface area (Å²) in [6, 6.07) is 3.63. The summed E-state index contributed by atoms with van der Waals surface area (Å²) in [7, 11) is 0. The van der Waals surface area contributed by atoms with Gasteiger partial charge in [-0.2, -0.15) is 0 Å². The van der Waals surface area contributed by atoms with Crippen molar-refractivity contribution < 1.29 is 14.0 Å². The van der Waals surface area contributed by atoms with E-state index in [-0.39, 0.29) is 11.3 Å². The number of imidazole rings is 1. The van der Waals surface area contributed by atoms with Gasteiger partial charge in [-0.25, -0.2) is 14.2 Å². The van der Waals surface area contributed by atoms with E-state index in [1.165, 1.54) is 18.2 Å². The first-order chi connectivity index (χ1) is 12.0. The standard InChI is InChI=1S/C17H22FN5O2/c1-3-19-17(25)22-14-7-4-6-13(18)15(14)16(24)21-8-5-10-23-11-9-20-12(23)2/h4,6-7,9,11H,3,5,8,10H2,1-2H3,(H,21,24)(H2,19,22,25). The lowest BCUT2D eigenvalue weighted by molar-refractivity contribution is 0.0949. The molecule has 0 saturated carbocycles. The van der Waals surface area contributed by atoms with Gasteiger partial charge in [0.2, 0.25) is 0 Å². The van der Waals surface area contributed by atoms with Crippen LogP contribution < -0.4 is 16.0 Å². The maximum Gasteiger partial charge on any atom is 0.319 e. The third-order valence-corrected chi connectivity index (χ3v) is 3.61. The first-order valence-corrected chi connectivity index (χ1v) is 8.12. The Morgan fingerprint density at radius 2 is 2.08 bits per heavy atom. The fraction of sp³-hybridized carbons (Fsp3) is 0.353. The number of halogens is 1. The minimum absolute atomic E-state index is 0.133. The van der Waals surface area contributed by atoms with Gasteiger partial charge in [0.25, 0.3) is 5.91 Å². The Balaban J connectivity index is 1.96. The van der Waals surface area contributed by atoms with Crippen LogP contribution in [0.25, 0.3) is 0 Å². The third-order valence-electron chi connectivity index (χ3n) is 3.61. The van der Waals surface area contributed by atoms with Crippen molar-refractivity contribution in [1.82, 2.24) is 20.2 Å². The lowest BCUT2D eigenvalue weighted by Gasteiger charge is -2.13. The highest BCUT2D eigenvalue weighted by atomic mass is 19.1. The largest absolute Gasteiger partial charge is 0.352 e. The lowest BCUT2D eigenvalue weighted by Crippen LogP contribution is -2.31. The van der Waals surface area contributed by atoms with Crippen LogP contribution in [0.3, 0.4) is 0 Å². The number of urea groups is 1. The van der Waals surface area contributed by atoms with Gasteiger partial charge in [-0.05, 0) is 32.4 Å². The molecule has 1 aromatic heterocycles. The van der Waals surface area contributed by atoms with Crippen molar-refractivity contribution >= 4 is 17.6 Å². The molecule has 0 spiro atoms. The molecular weight excluding hydrogens is 325 g/mol. The van der Waals surface area contributed by atoms with Gasteiger partial charge in [-0.3, -0.25) is 4.79 Å². The molecule has 3 amide bonds. The number of aromatic nitrogens is 2. The molecule has 0 radical (unpaired) electrons. The Bertz CT molecular complexity index is 744. The Labute approximate surface area is 145 Å². The molecule has 1 heterocycles. The van der Waals surface area contributed by atoms with Crippen LogP contribution in [0.4, 0.5) is 14.9 Å². The van der Waals surface area contributed by atoms with E-state index in [2.05, 4.69) is 20.9 Å². The molecule has 2 aromatic rings. The average Bonchev–Trinajstić information content (AvgIpc) is 2.97. The molecule has 134 valence electrons. The van der Waals surface area contributed by atoms with E-state index in [1.807, 2.05) is 17.7 Å². The smallest absolute Gasteiger partial charge is 0.319 e. The number of carbonyl (C=O) groups excluding carboxylic acids is 2. The summed E-state index contributed by atoms with van der Waals surface area (Å²) in [6.07, 6.45) is 4.26. The second-order valence-corrected chi connectivity index (χ2v) is 5.42. The number of nitrogens with one attached hydrogen (secondary N) is 3. The number of anilines is 1. The van der Waals surface area contributed by atoms with E-state index in [0.717, 1.165) is 5.82 Å². The van der Waals surface area contributed by atoms with E-state index in [0.29, 0.717) is 26.1 Å². The highest BCUT2D eigenvalue weighted by molar-refractivity contribution is 6.03. The first kappa shape index (κ1) is 18.4. The molecular formula is C17H22FN5O2. The Morgan fingerprint density at radius 1 is 1.28 bits per heavy atom. The molecule has 0 atom stereocenters. The summed E-state index contributed by atoms with van der Waals surface area (Å²) in [4.78, 5) is 28.1. The molecule has 8 heteroatoms. The van der Waals surface area contributed by atoms with E-state index in [1.54, 1.807) is 13.1 Å².